The lowest BCUT2D eigenvalue weighted by Crippen LogP contribution is -1.98. The molecule has 0 fully saturated rings. The fourth-order valence-corrected chi connectivity index (χ4v) is 3.41. The van der Waals surface area contributed by atoms with E-state index in [9.17, 15) is 0 Å². The molecule has 2 heterocycles. The van der Waals surface area contributed by atoms with E-state index >= 15 is 0 Å². The van der Waals surface area contributed by atoms with E-state index in [1.165, 1.54) is 10.4 Å². The van der Waals surface area contributed by atoms with Gasteiger partial charge in [0.25, 0.3) is 0 Å². The molecule has 3 aromatic rings. The van der Waals surface area contributed by atoms with E-state index < -0.39 is 0 Å². The second kappa shape index (κ2) is 5.14. The van der Waals surface area contributed by atoms with Crippen LogP contribution in [-0.2, 0) is 0 Å². The van der Waals surface area contributed by atoms with E-state index in [1.807, 2.05) is 25.2 Å². The van der Waals surface area contributed by atoms with Gasteiger partial charge in [0.15, 0.2) is 5.82 Å². The molecule has 0 aliphatic carbocycles. The number of thiophene rings is 1. The summed E-state index contributed by atoms with van der Waals surface area (Å²) in [5, 5.41) is 4.19. The Morgan fingerprint density at radius 3 is 2.60 bits per heavy atom. The Labute approximate surface area is 130 Å². The van der Waals surface area contributed by atoms with Crippen LogP contribution in [0.25, 0.3) is 21.6 Å². The summed E-state index contributed by atoms with van der Waals surface area (Å²) in [5.74, 6) is 1.64. The third kappa shape index (κ3) is 2.31. The van der Waals surface area contributed by atoms with Gasteiger partial charge in [-0.2, -0.15) is 0 Å². The van der Waals surface area contributed by atoms with Gasteiger partial charge in [-0.1, -0.05) is 15.9 Å². The van der Waals surface area contributed by atoms with Crippen molar-refractivity contribution in [1.29, 1.82) is 0 Å². The van der Waals surface area contributed by atoms with Gasteiger partial charge in [0, 0.05) is 21.8 Å². The molecule has 0 amide bonds. The van der Waals surface area contributed by atoms with Gasteiger partial charge in [-0.3, -0.25) is 0 Å². The molecule has 0 spiro atoms. The van der Waals surface area contributed by atoms with Crippen molar-refractivity contribution in [2.45, 2.75) is 13.8 Å². The molecule has 0 saturated heterocycles. The summed E-state index contributed by atoms with van der Waals surface area (Å²) in [5.41, 5.74) is 2.24. The van der Waals surface area contributed by atoms with E-state index in [1.54, 1.807) is 11.3 Å². The Balaban J connectivity index is 2.25. The number of aromatic nitrogens is 2. The molecule has 0 unspecified atom stereocenters. The van der Waals surface area contributed by atoms with Crippen LogP contribution in [-0.4, -0.2) is 17.0 Å². The summed E-state index contributed by atoms with van der Waals surface area (Å²) < 4.78 is 1.03. The van der Waals surface area contributed by atoms with Gasteiger partial charge in [-0.05, 0) is 43.7 Å². The van der Waals surface area contributed by atoms with Crippen LogP contribution in [0, 0.1) is 13.8 Å². The molecule has 0 saturated carbocycles. The molecule has 3 nitrogen and oxygen atoms in total. The zero-order valence-corrected chi connectivity index (χ0v) is 13.9. The average Bonchev–Trinajstić information content (AvgIpc) is 2.77. The maximum atomic E-state index is 4.69. The van der Waals surface area contributed by atoms with Crippen molar-refractivity contribution in [1.82, 2.24) is 9.97 Å². The summed E-state index contributed by atoms with van der Waals surface area (Å²) in [6.45, 7) is 4.24. The third-order valence-electron chi connectivity index (χ3n) is 3.28. The van der Waals surface area contributed by atoms with Crippen LogP contribution in [0.4, 0.5) is 5.82 Å². The quantitative estimate of drug-likeness (QED) is 0.724. The molecule has 1 N–H and O–H groups in total. The number of fused-ring (bicyclic) bond motifs is 1. The normalized spacial score (nSPS) is 11.0. The summed E-state index contributed by atoms with van der Waals surface area (Å²) in [6.07, 6.45) is 0. The smallest absolute Gasteiger partial charge is 0.172 e. The maximum Gasteiger partial charge on any atom is 0.172 e. The van der Waals surface area contributed by atoms with E-state index in [0.29, 0.717) is 0 Å². The molecule has 0 bridgehead atoms. The highest BCUT2D eigenvalue weighted by atomic mass is 79.9. The number of rotatable bonds is 2. The first kappa shape index (κ1) is 13.5. The minimum absolute atomic E-state index is 0.783. The molecule has 0 aliphatic rings. The Hall–Kier alpha value is -1.46. The molecule has 102 valence electrons. The van der Waals surface area contributed by atoms with Gasteiger partial charge >= 0.3 is 0 Å². The predicted octanol–water partition coefficient (Wildman–Crippen LogP) is 4.78. The summed E-state index contributed by atoms with van der Waals surface area (Å²) in [6, 6.07) is 8.21. The highest BCUT2D eigenvalue weighted by molar-refractivity contribution is 9.10. The van der Waals surface area contributed by atoms with Gasteiger partial charge in [0.2, 0.25) is 0 Å². The van der Waals surface area contributed by atoms with Gasteiger partial charge in [0.05, 0.1) is 10.4 Å². The Bertz CT molecular complexity index is 776. The van der Waals surface area contributed by atoms with Crippen LogP contribution >= 0.6 is 27.3 Å². The zero-order valence-electron chi connectivity index (χ0n) is 11.5. The van der Waals surface area contributed by atoms with Crippen molar-refractivity contribution in [3.63, 3.8) is 0 Å². The molecule has 2 aromatic heterocycles. The molecule has 0 radical (unpaired) electrons. The molecule has 20 heavy (non-hydrogen) atoms. The second-order valence-electron chi connectivity index (χ2n) is 4.66. The van der Waals surface area contributed by atoms with Crippen molar-refractivity contribution in [2.75, 3.05) is 12.4 Å². The first-order valence-electron chi connectivity index (χ1n) is 6.31. The summed E-state index contributed by atoms with van der Waals surface area (Å²) in [7, 11) is 1.89. The topological polar surface area (TPSA) is 37.8 Å². The maximum absolute atomic E-state index is 4.69. The number of aryl methyl sites for hydroxylation is 2. The van der Waals surface area contributed by atoms with E-state index in [4.69, 9.17) is 0 Å². The van der Waals surface area contributed by atoms with Gasteiger partial charge < -0.3 is 5.32 Å². The predicted molar refractivity (Wildman–Crippen MR) is 89.6 cm³/mol. The number of benzene rings is 1. The second-order valence-corrected chi connectivity index (χ2v) is 6.83. The molecule has 0 atom stereocenters. The lowest BCUT2D eigenvalue weighted by atomic mass is 10.2. The highest BCUT2D eigenvalue weighted by Gasteiger charge is 2.11. The van der Waals surface area contributed by atoms with Crippen LogP contribution in [0.15, 0.2) is 28.7 Å². The first-order valence-corrected chi connectivity index (χ1v) is 7.92. The minimum atomic E-state index is 0.783. The zero-order chi connectivity index (χ0) is 14.3. The molecular formula is C15H14BrN3S. The monoisotopic (exact) mass is 347 g/mol. The van der Waals surface area contributed by atoms with E-state index in [-0.39, 0.29) is 0 Å². The van der Waals surface area contributed by atoms with E-state index in [2.05, 4.69) is 51.1 Å². The van der Waals surface area contributed by atoms with Gasteiger partial charge in [-0.15, -0.1) is 11.3 Å². The average molecular weight is 348 g/mol. The fraction of sp³-hybridized carbons (Fsp3) is 0.200. The van der Waals surface area contributed by atoms with Crippen LogP contribution < -0.4 is 5.32 Å². The van der Waals surface area contributed by atoms with Crippen LogP contribution in [0.5, 0.6) is 0 Å². The van der Waals surface area contributed by atoms with Crippen LogP contribution in [0.2, 0.25) is 0 Å². The van der Waals surface area contributed by atoms with Crippen LogP contribution in [0.1, 0.15) is 10.4 Å². The van der Waals surface area contributed by atoms with Gasteiger partial charge in [-0.25, -0.2) is 9.97 Å². The molecule has 0 aliphatic heterocycles. The number of halogens is 1. The summed E-state index contributed by atoms with van der Waals surface area (Å²) in [4.78, 5) is 11.8. The lowest BCUT2D eigenvalue weighted by Gasteiger charge is -2.07. The SMILES string of the molecule is CNc1nc(-c2cc(C)c(C)s2)nc2ccc(Br)cc12. The number of hydrogen-bond acceptors (Lipinski definition) is 4. The molecule has 3 rings (SSSR count). The van der Waals surface area contributed by atoms with Gasteiger partial charge in [0.1, 0.15) is 5.82 Å². The third-order valence-corrected chi connectivity index (χ3v) is 4.92. The largest absolute Gasteiger partial charge is 0.373 e. The number of nitrogens with one attached hydrogen (secondary N) is 1. The molecular weight excluding hydrogens is 334 g/mol. The Morgan fingerprint density at radius 2 is 1.95 bits per heavy atom. The minimum Gasteiger partial charge on any atom is -0.373 e. The Kier molecular flexibility index (Phi) is 3.48. The highest BCUT2D eigenvalue weighted by Crippen LogP contribution is 2.32. The van der Waals surface area contributed by atoms with Crippen molar-refractivity contribution in [2.24, 2.45) is 0 Å². The molecule has 5 heteroatoms. The number of nitrogens with zero attached hydrogens (tertiary/aromatic N) is 2. The van der Waals surface area contributed by atoms with Crippen molar-refractivity contribution >= 4 is 44.0 Å². The van der Waals surface area contributed by atoms with Crippen molar-refractivity contribution in [3.05, 3.63) is 39.2 Å². The van der Waals surface area contributed by atoms with E-state index in [0.717, 1.165) is 31.9 Å². The van der Waals surface area contributed by atoms with Crippen molar-refractivity contribution in [3.8, 4) is 10.7 Å². The number of hydrogen-bond donors (Lipinski definition) is 1. The molecule has 1 aromatic carbocycles. The van der Waals surface area contributed by atoms with Crippen molar-refractivity contribution < 1.29 is 0 Å². The summed E-state index contributed by atoms with van der Waals surface area (Å²) >= 11 is 5.23. The lowest BCUT2D eigenvalue weighted by molar-refractivity contribution is 1.22. The first-order chi connectivity index (χ1) is 9.58. The standard InChI is InChI=1S/C15H14BrN3S/c1-8-6-13(20-9(8)2)15-18-12-5-4-10(16)7-11(12)14(17-3)19-15/h4-7H,1-3H3,(H,17,18,19). The fourth-order valence-electron chi connectivity index (χ4n) is 2.08. The Morgan fingerprint density at radius 1 is 1.15 bits per heavy atom. The number of anilines is 1. The van der Waals surface area contributed by atoms with Crippen LogP contribution in [0.3, 0.4) is 0 Å².